The Kier molecular flexibility index (Phi) is 3.17. The zero-order valence-corrected chi connectivity index (χ0v) is 12.2. The molecule has 0 aliphatic carbocycles. The molecule has 0 spiro atoms. The van der Waals surface area contributed by atoms with E-state index in [4.69, 9.17) is 0 Å². The number of H-pyrrole nitrogens is 2. The van der Waals surface area contributed by atoms with Gasteiger partial charge in [0.2, 0.25) is 0 Å². The summed E-state index contributed by atoms with van der Waals surface area (Å²) in [5, 5.41) is 5.43. The normalized spacial score (nSPS) is 14.3. The summed E-state index contributed by atoms with van der Waals surface area (Å²) in [6, 6.07) is 7.49. The number of nitrogens with zero attached hydrogens (tertiary/aromatic N) is 1. The van der Waals surface area contributed by atoms with Crippen LogP contribution in [0.5, 0.6) is 0 Å². The molecule has 1 aliphatic rings. The van der Waals surface area contributed by atoms with Gasteiger partial charge in [0.05, 0.1) is 17.7 Å². The van der Waals surface area contributed by atoms with Crippen LogP contribution in [0.3, 0.4) is 0 Å². The molecule has 0 saturated carbocycles. The van der Waals surface area contributed by atoms with Gasteiger partial charge < -0.3 is 10.00 Å². The average molecular weight is 369 g/mol. The molecule has 19 heavy (non-hydrogen) atoms. The molecule has 2 N–H and O–H groups in total. The second-order valence-corrected chi connectivity index (χ2v) is 5.65. The van der Waals surface area contributed by atoms with Crippen LogP contribution in [0.25, 0.3) is 0 Å². The van der Waals surface area contributed by atoms with Crippen molar-refractivity contribution in [3.8, 4) is 0 Å². The minimum atomic E-state index is -0.129. The van der Waals surface area contributed by atoms with Crippen molar-refractivity contribution >= 4 is 28.5 Å². The molecule has 0 radical (unpaired) electrons. The third kappa shape index (κ3) is 2.20. The Labute approximate surface area is 123 Å². The Balaban J connectivity index is 1.89. The van der Waals surface area contributed by atoms with Crippen molar-refractivity contribution in [2.75, 3.05) is 6.54 Å². The number of hydrogen-bond donors (Lipinski definition) is 2. The van der Waals surface area contributed by atoms with E-state index in [-0.39, 0.29) is 11.5 Å². The number of halogens is 1. The van der Waals surface area contributed by atoms with E-state index in [1.54, 1.807) is 4.90 Å². The van der Waals surface area contributed by atoms with Crippen molar-refractivity contribution < 1.29 is 4.79 Å². The van der Waals surface area contributed by atoms with Crippen LogP contribution >= 0.6 is 22.6 Å². The summed E-state index contributed by atoms with van der Waals surface area (Å²) < 4.78 is 0.930. The van der Waals surface area contributed by atoms with E-state index < -0.39 is 0 Å². The van der Waals surface area contributed by atoms with E-state index >= 15 is 0 Å². The molecule has 1 amide bonds. The highest BCUT2D eigenvalue weighted by Crippen LogP contribution is 2.19. The number of benzene rings is 1. The monoisotopic (exact) mass is 369 g/mol. The third-order valence-electron chi connectivity index (χ3n) is 3.34. The van der Waals surface area contributed by atoms with Gasteiger partial charge in [-0.3, -0.25) is 14.7 Å². The molecule has 1 aromatic heterocycles. The molecule has 3 rings (SSSR count). The van der Waals surface area contributed by atoms with Crippen molar-refractivity contribution in [3.63, 3.8) is 0 Å². The number of rotatable bonds is 1. The van der Waals surface area contributed by atoms with Gasteiger partial charge in [0, 0.05) is 22.2 Å². The fraction of sp³-hybridized carbons (Fsp3) is 0.231. The van der Waals surface area contributed by atoms with E-state index in [2.05, 4.69) is 32.8 Å². The van der Waals surface area contributed by atoms with Gasteiger partial charge in [0.25, 0.3) is 11.5 Å². The quantitative estimate of drug-likeness (QED) is 0.749. The summed E-state index contributed by atoms with van der Waals surface area (Å²) in [5.41, 5.74) is 2.15. The summed E-state index contributed by atoms with van der Waals surface area (Å²) in [7, 11) is 0. The van der Waals surface area contributed by atoms with Crippen molar-refractivity contribution in [1.82, 2.24) is 15.1 Å². The lowest BCUT2D eigenvalue weighted by molar-refractivity contribution is 0.0733. The Hall–Kier alpha value is -1.57. The molecule has 1 aliphatic heterocycles. The second-order valence-electron chi connectivity index (χ2n) is 4.49. The van der Waals surface area contributed by atoms with E-state index in [9.17, 15) is 9.59 Å². The fourth-order valence-corrected chi connectivity index (χ4v) is 2.91. The van der Waals surface area contributed by atoms with Gasteiger partial charge in [-0.05, 0) is 34.7 Å². The molecule has 2 heterocycles. The predicted octanol–water partition coefficient (Wildman–Crippen LogP) is 1.51. The number of hydrogen-bond acceptors (Lipinski definition) is 2. The van der Waals surface area contributed by atoms with E-state index in [0.717, 1.165) is 9.26 Å². The lowest BCUT2D eigenvalue weighted by Gasteiger charge is -2.26. The molecule has 2 aromatic rings. The van der Waals surface area contributed by atoms with Crippen LogP contribution in [0, 0.1) is 3.57 Å². The molecule has 1 aromatic carbocycles. The SMILES string of the molecule is O=C(c1ccccc1I)N1CCc2[nH][nH]c(=O)c2C1. The molecule has 0 atom stereocenters. The minimum Gasteiger partial charge on any atom is -0.334 e. The van der Waals surface area contributed by atoms with Gasteiger partial charge >= 0.3 is 0 Å². The van der Waals surface area contributed by atoms with E-state index in [1.165, 1.54) is 0 Å². The van der Waals surface area contributed by atoms with Gasteiger partial charge in [-0.2, -0.15) is 0 Å². The van der Waals surface area contributed by atoms with Crippen LogP contribution in [-0.2, 0) is 13.0 Å². The number of amides is 1. The highest BCUT2D eigenvalue weighted by Gasteiger charge is 2.25. The number of carbonyl (C=O) groups excluding carboxylic acids is 1. The minimum absolute atomic E-state index is 0.0174. The van der Waals surface area contributed by atoms with Crippen LogP contribution in [0.1, 0.15) is 21.6 Å². The zero-order valence-electron chi connectivity index (χ0n) is 10.1. The molecular weight excluding hydrogens is 357 g/mol. The average Bonchev–Trinajstić information content (AvgIpc) is 2.80. The van der Waals surface area contributed by atoms with Gasteiger partial charge in [-0.15, -0.1) is 0 Å². The summed E-state index contributed by atoms with van der Waals surface area (Å²) in [6.45, 7) is 1.00. The molecule has 0 fully saturated rings. The lowest BCUT2D eigenvalue weighted by Crippen LogP contribution is -2.37. The molecule has 0 saturated heterocycles. The zero-order chi connectivity index (χ0) is 13.4. The van der Waals surface area contributed by atoms with Crippen molar-refractivity contribution in [2.45, 2.75) is 13.0 Å². The molecular formula is C13H12IN3O2. The molecule has 6 heteroatoms. The standard InChI is InChI=1S/C13H12IN3O2/c14-10-4-2-1-3-8(10)13(19)17-6-5-11-9(7-17)12(18)16-15-11/h1-4H,5-7H2,(H2,15,16,18). The first-order valence-electron chi connectivity index (χ1n) is 5.99. The maximum absolute atomic E-state index is 12.5. The Morgan fingerprint density at radius 2 is 2.05 bits per heavy atom. The Morgan fingerprint density at radius 3 is 2.84 bits per heavy atom. The molecule has 5 nitrogen and oxygen atoms in total. The number of aromatic nitrogens is 2. The number of fused-ring (bicyclic) bond motifs is 1. The van der Waals surface area contributed by atoms with Crippen molar-refractivity contribution in [1.29, 1.82) is 0 Å². The molecule has 0 bridgehead atoms. The van der Waals surface area contributed by atoms with E-state index in [1.807, 2.05) is 24.3 Å². The predicted molar refractivity (Wildman–Crippen MR) is 79.0 cm³/mol. The smallest absolute Gasteiger partial charge is 0.269 e. The van der Waals surface area contributed by atoms with Crippen LogP contribution in [-0.4, -0.2) is 27.5 Å². The first kappa shape index (κ1) is 12.5. The lowest BCUT2D eigenvalue weighted by atomic mass is 10.1. The summed E-state index contributed by atoms with van der Waals surface area (Å²) in [4.78, 5) is 25.8. The summed E-state index contributed by atoms with van der Waals surface area (Å²) in [6.07, 6.45) is 0.684. The maximum Gasteiger partial charge on any atom is 0.269 e. The van der Waals surface area contributed by atoms with E-state index in [0.29, 0.717) is 30.6 Å². The molecule has 98 valence electrons. The van der Waals surface area contributed by atoms with Gasteiger partial charge in [0.15, 0.2) is 0 Å². The van der Waals surface area contributed by atoms with Crippen molar-refractivity contribution in [2.24, 2.45) is 0 Å². The topological polar surface area (TPSA) is 69.0 Å². The van der Waals surface area contributed by atoms with Crippen LogP contribution in [0.15, 0.2) is 29.1 Å². The molecule has 0 unspecified atom stereocenters. The first-order valence-corrected chi connectivity index (χ1v) is 7.07. The fourth-order valence-electron chi connectivity index (χ4n) is 2.30. The van der Waals surface area contributed by atoms with Crippen LogP contribution < -0.4 is 5.56 Å². The maximum atomic E-state index is 12.5. The highest BCUT2D eigenvalue weighted by atomic mass is 127. The third-order valence-corrected chi connectivity index (χ3v) is 4.28. The number of nitrogens with one attached hydrogen (secondary N) is 2. The second kappa shape index (κ2) is 4.84. The highest BCUT2D eigenvalue weighted by molar-refractivity contribution is 14.1. The number of carbonyl (C=O) groups is 1. The Bertz CT molecular complexity index is 689. The Morgan fingerprint density at radius 1 is 1.26 bits per heavy atom. The van der Waals surface area contributed by atoms with Crippen molar-refractivity contribution in [3.05, 3.63) is 55.0 Å². The number of aromatic amines is 2. The van der Waals surface area contributed by atoms with Gasteiger partial charge in [-0.25, -0.2) is 0 Å². The first-order chi connectivity index (χ1) is 9.16. The largest absolute Gasteiger partial charge is 0.334 e. The van der Waals surface area contributed by atoms with Gasteiger partial charge in [0.1, 0.15) is 0 Å². The van der Waals surface area contributed by atoms with Crippen LogP contribution in [0.4, 0.5) is 0 Å². The summed E-state index contributed by atoms with van der Waals surface area (Å²) in [5.74, 6) is -0.0174. The summed E-state index contributed by atoms with van der Waals surface area (Å²) >= 11 is 2.16. The van der Waals surface area contributed by atoms with Crippen LogP contribution in [0.2, 0.25) is 0 Å². The van der Waals surface area contributed by atoms with Gasteiger partial charge in [-0.1, -0.05) is 12.1 Å².